The van der Waals surface area contributed by atoms with Gasteiger partial charge in [0.25, 0.3) is 5.91 Å². The molecule has 0 fully saturated rings. The van der Waals surface area contributed by atoms with Crippen molar-refractivity contribution in [2.75, 3.05) is 18.1 Å². The Kier molecular flexibility index (Phi) is 4.81. The molecule has 0 aliphatic heterocycles. The lowest BCUT2D eigenvalue weighted by atomic mass is 10.2. The second kappa shape index (κ2) is 6.58. The van der Waals surface area contributed by atoms with E-state index < -0.39 is 0 Å². The number of pyridine rings is 1. The predicted octanol–water partition coefficient (Wildman–Crippen LogP) is 2.62. The summed E-state index contributed by atoms with van der Waals surface area (Å²) >= 11 is 3.25. The molecule has 0 bridgehead atoms. The highest BCUT2D eigenvalue weighted by molar-refractivity contribution is 9.10. The number of aromatic nitrogens is 1. The van der Waals surface area contributed by atoms with Gasteiger partial charge in [0.2, 0.25) is 0 Å². The van der Waals surface area contributed by atoms with Crippen LogP contribution in [0.4, 0.5) is 10.1 Å². The monoisotopic (exact) mass is 338 g/mol. The van der Waals surface area contributed by atoms with Gasteiger partial charge in [-0.05, 0) is 46.3 Å². The molecule has 0 spiro atoms. The Bertz CT molecular complexity index is 604. The maximum Gasteiger partial charge on any atom is 0.259 e. The van der Waals surface area contributed by atoms with E-state index in [1.54, 1.807) is 12.3 Å². The summed E-state index contributed by atoms with van der Waals surface area (Å²) in [5, 5.41) is 9.11. The van der Waals surface area contributed by atoms with Gasteiger partial charge in [-0.1, -0.05) is 0 Å². The largest absolute Gasteiger partial charge is 0.395 e. The molecule has 4 nitrogen and oxygen atoms in total. The number of benzene rings is 1. The molecule has 2 aromatic rings. The first-order valence-electron chi connectivity index (χ1n) is 5.90. The highest BCUT2D eigenvalue weighted by Gasteiger charge is 2.17. The van der Waals surface area contributed by atoms with Crippen LogP contribution in [0.25, 0.3) is 0 Å². The molecular formula is C14H12BrFN2O2. The minimum Gasteiger partial charge on any atom is -0.395 e. The van der Waals surface area contributed by atoms with Gasteiger partial charge >= 0.3 is 0 Å². The van der Waals surface area contributed by atoms with Crippen molar-refractivity contribution in [1.29, 1.82) is 0 Å². The van der Waals surface area contributed by atoms with Gasteiger partial charge in [0, 0.05) is 29.1 Å². The van der Waals surface area contributed by atoms with Gasteiger partial charge in [0.15, 0.2) is 0 Å². The van der Waals surface area contributed by atoms with Crippen LogP contribution < -0.4 is 4.90 Å². The van der Waals surface area contributed by atoms with Gasteiger partial charge in [0.1, 0.15) is 5.82 Å². The van der Waals surface area contributed by atoms with Crippen LogP contribution in [0.2, 0.25) is 0 Å². The fourth-order valence-corrected chi connectivity index (χ4v) is 2.12. The first kappa shape index (κ1) is 14.6. The third-order valence-corrected chi connectivity index (χ3v) is 3.09. The molecule has 1 aromatic heterocycles. The van der Waals surface area contributed by atoms with Crippen molar-refractivity contribution < 1.29 is 14.3 Å². The van der Waals surface area contributed by atoms with Gasteiger partial charge in [-0.25, -0.2) is 4.39 Å². The second-order valence-corrected chi connectivity index (χ2v) is 4.96. The first-order valence-corrected chi connectivity index (χ1v) is 6.70. The molecule has 1 amide bonds. The summed E-state index contributed by atoms with van der Waals surface area (Å²) in [5.74, 6) is -0.686. The lowest BCUT2D eigenvalue weighted by Gasteiger charge is -2.22. The molecule has 0 saturated heterocycles. The van der Waals surface area contributed by atoms with Crippen LogP contribution in [0.3, 0.4) is 0 Å². The number of aliphatic hydroxyl groups excluding tert-OH is 1. The number of hydrogen-bond donors (Lipinski definition) is 1. The van der Waals surface area contributed by atoms with Crippen molar-refractivity contribution in [3.05, 3.63) is 58.6 Å². The maximum absolute atomic E-state index is 12.9. The number of aliphatic hydroxyl groups is 1. The van der Waals surface area contributed by atoms with Crippen LogP contribution in [0.5, 0.6) is 0 Å². The molecule has 0 aliphatic carbocycles. The van der Waals surface area contributed by atoms with Crippen molar-refractivity contribution in [2.45, 2.75) is 0 Å². The Morgan fingerprint density at radius 3 is 2.60 bits per heavy atom. The Labute approximate surface area is 124 Å². The SMILES string of the molecule is O=C(c1cncc(Br)c1)N(CCO)c1ccc(F)cc1. The second-order valence-electron chi connectivity index (χ2n) is 4.05. The van der Waals surface area contributed by atoms with Gasteiger partial charge in [0.05, 0.1) is 12.2 Å². The lowest BCUT2D eigenvalue weighted by molar-refractivity contribution is 0.0980. The summed E-state index contributed by atoms with van der Waals surface area (Å²) < 4.78 is 13.6. The number of hydrogen-bond acceptors (Lipinski definition) is 3. The highest BCUT2D eigenvalue weighted by Crippen LogP contribution is 2.19. The average molecular weight is 339 g/mol. The quantitative estimate of drug-likeness (QED) is 0.932. The Morgan fingerprint density at radius 1 is 1.30 bits per heavy atom. The van der Waals surface area contributed by atoms with Crippen LogP contribution in [0, 0.1) is 5.82 Å². The molecule has 1 aromatic carbocycles. The zero-order valence-electron chi connectivity index (χ0n) is 10.5. The standard InChI is InChI=1S/C14H12BrFN2O2/c15-11-7-10(8-17-9-11)14(20)18(5-6-19)13-3-1-12(16)2-4-13/h1-4,7-9,19H,5-6H2. The van der Waals surface area contributed by atoms with Gasteiger partial charge in [-0.15, -0.1) is 0 Å². The van der Waals surface area contributed by atoms with E-state index in [1.165, 1.54) is 35.4 Å². The van der Waals surface area contributed by atoms with Crippen LogP contribution >= 0.6 is 15.9 Å². The average Bonchev–Trinajstić information content (AvgIpc) is 2.45. The van der Waals surface area contributed by atoms with Crippen molar-refractivity contribution in [3.63, 3.8) is 0 Å². The van der Waals surface area contributed by atoms with Crippen LogP contribution in [-0.4, -0.2) is 29.1 Å². The summed E-state index contributed by atoms with van der Waals surface area (Å²) in [4.78, 5) is 17.7. The summed E-state index contributed by atoms with van der Waals surface area (Å²) in [6, 6.07) is 7.17. The van der Waals surface area contributed by atoms with E-state index in [1.807, 2.05) is 0 Å². The number of nitrogens with zero attached hydrogens (tertiary/aromatic N) is 2. The number of halogens is 2. The Balaban J connectivity index is 2.33. The Hall–Kier alpha value is -1.79. The van der Waals surface area contributed by atoms with Gasteiger partial charge in [-0.3, -0.25) is 9.78 Å². The molecule has 1 N–H and O–H groups in total. The van der Waals surface area contributed by atoms with Gasteiger partial charge < -0.3 is 10.0 Å². The van der Waals surface area contributed by atoms with E-state index >= 15 is 0 Å². The van der Waals surface area contributed by atoms with Gasteiger partial charge in [-0.2, -0.15) is 0 Å². The van der Waals surface area contributed by atoms with E-state index in [-0.39, 0.29) is 24.9 Å². The van der Waals surface area contributed by atoms with Crippen molar-refractivity contribution >= 4 is 27.5 Å². The van der Waals surface area contributed by atoms with E-state index in [0.717, 1.165) is 0 Å². The van der Waals surface area contributed by atoms with Crippen molar-refractivity contribution in [2.24, 2.45) is 0 Å². The number of carbonyl (C=O) groups excluding carboxylic acids is 1. The summed E-state index contributed by atoms with van der Waals surface area (Å²) in [6.07, 6.45) is 3.02. The zero-order valence-corrected chi connectivity index (χ0v) is 12.0. The molecule has 6 heteroatoms. The minimum absolute atomic E-state index is 0.122. The topological polar surface area (TPSA) is 53.4 Å². The van der Waals surface area contributed by atoms with Crippen molar-refractivity contribution in [1.82, 2.24) is 4.98 Å². The molecular weight excluding hydrogens is 327 g/mol. The third kappa shape index (κ3) is 3.40. The summed E-state index contributed by atoms with van der Waals surface area (Å²) in [7, 11) is 0. The normalized spacial score (nSPS) is 10.3. The number of rotatable bonds is 4. The maximum atomic E-state index is 12.9. The smallest absolute Gasteiger partial charge is 0.259 e. The summed E-state index contributed by atoms with van der Waals surface area (Å²) in [5.41, 5.74) is 0.905. The lowest BCUT2D eigenvalue weighted by Crippen LogP contribution is -2.33. The third-order valence-electron chi connectivity index (χ3n) is 2.66. The Morgan fingerprint density at radius 2 is 2.00 bits per heavy atom. The molecule has 0 aliphatic rings. The fraction of sp³-hybridized carbons (Fsp3) is 0.143. The number of amides is 1. The molecule has 0 unspecified atom stereocenters. The van der Waals surface area contributed by atoms with E-state index in [0.29, 0.717) is 15.7 Å². The minimum atomic E-state index is -0.380. The molecule has 1 heterocycles. The molecule has 0 saturated carbocycles. The molecule has 104 valence electrons. The first-order chi connectivity index (χ1) is 9.61. The summed E-state index contributed by atoms with van der Waals surface area (Å²) in [6.45, 7) is -0.0679. The van der Waals surface area contributed by atoms with Crippen LogP contribution in [0.1, 0.15) is 10.4 Å². The molecule has 0 atom stereocenters. The number of anilines is 1. The van der Waals surface area contributed by atoms with E-state index in [4.69, 9.17) is 5.11 Å². The molecule has 2 rings (SSSR count). The highest BCUT2D eigenvalue weighted by atomic mass is 79.9. The van der Waals surface area contributed by atoms with E-state index in [2.05, 4.69) is 20.9 Å². The zero-order chi connectivity index (χ0) is 14.5. The van der Waals surface area contributed by atoms with E-state index in [9.17, 15) is 9.18 Å². The fourth-order valence-electron chi connectivity index (χ4n) is 1.75. The predicted molar refractivity (Wildman–Crippen MR) is 77.1 cm³/mol. The number of carbonyl (C=O) groups is 1. The van der Waals surface area contributed by atoms with Crippen LogP contribution in [0.15, 0.2) is 47.2 Å². The van der Waals surface area contributed by atoms with Crippen LogP contribution in [-0.2, 0) is 0 Å². The molecule has 0 radical (unpaired) electrons. The van der Waals surface area contributed by atoms with Crippen molar-refractivity contribution in [3.8, 4) is 0 Å². The molecule has 20 heavy (non-hydrogen) atoms.